The Balaban J connectivity index is 0.000000142. The Kier molecular flexibility index (Phi) is 23.5. The van der Waals surface area contributed by atoms with Crippen LogP contribution in [0.3, 0.4) is 0 Å². The largest absolute Gasteiger partial charge is 0.434 e. The molecule has 9 aromatic heterocycles. The number of alkyl halides is 12. The van der Waals surface area contributed by atoms with Crippen LogP contribution in [-0.4, -0.2) is 176 Å². The molecule has 12 aromatic rings. The quantitative estimate of drug-likeness (QED) is 0.0724. The lowest BCUT2D eigenvalue weighted by atomic mass is 9.96. The van der Waals surface area contributed by atoms with Gasteiger partial charge in [-0.3, -0.25) is 29.1 Å². The van der Waals surface area contributed by atoms with Gasteiger partial charge in [-0.25, -0.2) is 59.8 Å². The van der Waals surface area contributed by atoms with Crippen molar-refractivity contribution in [3.05, 3.63) is 215 Å². The number of hydrogen-bond acceptors (Lipinski definition) is 20. The maximum atomic E-state index is 13.2. The van der Waals surface area contributed by atoms with Crippen LogP contribution >= 0.6 is 0 Å². The number of aryl methyl sites for hydroxylation is 3. The van der Waals surface area contributed by atoms with Gasteiger partial charge in [0.1, 0.15) is 52.4 Å². The van der Waals surface area contributed by atoms with Crippen LogP contribution in [0.2, 0.25) is 0 Å². The molecule has 5 aliphatic rings. The molecule has 38 heteroatoms. The SMILES string of the molecule is CN1CCN(c2ncccc2-c2ncc3c(n2)N(Cc2ccc(-c4nc(C(F)(F)F)cn4C)cc2)C(=O)C3)CC1.COCCN(C)c1ncccc1-c1ncc2c(n1)N(Cc1ccc(-c3nc(C(F)(F)F)cn3C)cc1)C(=O)C2.Cn1cc(C(F)(F)F)nc1-c1ccc(CN2C(=O)Cc3cnc(-c4cccnc4N4CCC(C(F)(F)F)CC4)nc32)cc1. The zero-order valence-electron chi connectivity index (χ0n) is 66.5. The number of halogens is 12. The maximum Gasteiger partial charge on any atom is 0.434 e. The highest BCUT2D eigenvalue weighted by atomic mass is 19.4. The number of anilines is 6. The number of hydrogen-bond donors (Lipinski definition) is 0. The van der Waals surface area contributed by atoms with E-state index in [0.717, 1.165) is 89.5 Å². The summed E-state index contributed by atoms with van der Waals surface area (Å²) in [6.07, 6.45) is -4.54. The highest BCUT2D eigenvalue weighted by Crippen LogP contribution is 2.42. The molecule has 3 aromatic carbocycles. The summed E-state index contributed by atoms with van der Waals surface area (Å²) >= 11 is 0. The van der Waals surface area contributed by atoms with Crippen LogP contribution in [0.15, 0.2) is 165 Å². The molecule has 0 atom stereocenters. The van der Waals surface area contributed by atoms with E-state index in [0.29, 0.717) is 87.5 Å². The first-order valence-electron chi connectivity index (χ1n) is 38.6. The normalized spacial score (nSPS) is 15.2. The van der Waals surface area contributed by atoms with Crippen molar-refractivity contribution in [3.63, 3.8) is 0 Å². The van der Waals surface area contributed by atoms with Gasteiger partial charge in [-0.1, -0.05) is 72.8 Å². The molecule has 17 rings (SSSR count). The first kappa shape index (κ1) is 83.9. The molecule has 2 fully saturated rings. The van der Waals surface area contributed by atoms with Gasteiger partial charge in [-0.15, -0.1) is 0 Å². The fourth-order valence-electron chi connectivity index (χ4n) is 15.0. The number of carbonyl (C=O) groups is 3. The van der Waals surface area contributed by atoms with Gasteiger partial charge in [-0.2, -0.15) is 52.7 Å². The number of fused-ring (bicyclic) bond motifs is 3. The summed E-state index contributed by atoms with van der Waals surface area (Å²) in [5.74, 6) is 3.62. The summed E-state index contributed by atoms with van der Waals surface area (Å²) in [5, 5.41) is 0. The lowest BCUT2D eigenvalue weighted by molar-refractivity contribution is -0.179. The molecule has 26 nitrogen and oxygen atoms in total. The van der Waals surface area contributed by atoms with Gasteiger partial charge >= 0.3 is 24.7 Å². The minimum atomic E-state index is -4.55. The minimum Gasteiger partial charge on any atom is -0.383 e. The standard InChI is InChI=1S/C29H25F6N7O.C28H27F3N8O.C27H26F3N7O2/c1-40-16-22(29(33,34)35)38-25(40)18-6-4-17(5-7-18)15-42-23(43)13-19-14-37-24(39-26(19)42)21-3-2-10-36-27(21)41-11-8-20(9-12-41)28(30,31)32;1-36-10-12-38(13-11-36)27-21(4-3-9-32-27)24-33-15-20-14-23(40)39(26(20)35-24)16-18-5-7-19(8-6-18)25-34-22(17-37(25)2)28(29,30)31;1-35(11-12-39-3)26-20(5-4-10-31-26)23-32-14-19-13-22(38)37(25(19)34-23)15-17-6-8-18(9-7-17)24-33-21(16-36(24)2)27(28,29)30/h2-7,10,14,16,20H,8-9,11-13,15H2,1H3;3-9,15,17H,10-14,16H2,1-2H3;4-10,14,16H,11-13,15H2,1-3H3. The minimum absolute atomic E-state index is 0.0325. The predicted octanol–water partition coefficient (Wildman–Crippen LogP) is 13.8. The third kappa shape index (κ3) is 18.2. The van der Waals surface area contributed by atoms with Gasteiger partial charge in [0.25, 0.3) is 0 Å². The highest BCUT2D eigenvalue weighted by molar-refractivity contribution is 6.02. The second kappa shape index (κ2) is 34.2. The number of imidazole rings is 3. The van der Waals surface area contributed by atoms with E-state index in [9.17, 15) is 67.1 Å². The zero-order valence-corrected chi connectivity index (χ0v) is 66.5. The van der Waals surface area contributed by atoms with Crippen LogP contribution in [0.1, 0.15) is 63.3 Å². The molecule has 0 spiro atoms. The van der Waals surface area contributed by atoms with Crippen molar-refractivity contribution in [1.29, 1.82) is 0 Å². The Morgan fingerprint density at radius 2 is 0.746 bits per heavy atom. The summed E-state index contributed by atoms with van der Waals surface area (Å²) in [7, 11) is 10.2. The second-order valence-corrected chi connectivity index (χ2v) is 30.0. The van der Waals surface area contributed by atoms with Gasteiger partial charge in [-0.05, 0) is 73.0 Å². The Bertz CT molecular complexity index is 5840. The molecule has 0 radical (unpaired) electrons. The van der Waals surface area contributed by atoms with Crippen molar-refractivity contribution in [1.82, 2.24) is 78.4 Å². The fraction of sp³-hybridized carbons (Fsp3) is 0.321. The molecule has 0 saturated carbocycles. The number of rotatable bonds is 18. The third-order valence-corrected chi connectivity index (χ3v) is 21.5. The predicted molar refractivity (Wildman–Crippen MR) is 427 cm³/mol. The van der Waals surface area contributed by atoms with Crippen molar-refractivity contribution in [3.8, 4) is 68.3 Å². The van der Waals surface area contributed by atoms with E-state index in [-0.39, 0.29) is 100 Å². The lowest BCUT2D eigenvalue weighted by Crippen LogP contribution is -2.45. The molecule has 5 aliphatic heterocycles. The van der Waals surface area contributed by atoms with E-state index in [1.165, 1.54) is 39.7 Å². The molecule has 0 N–H and O–H groups in total. The second-order valence-electron chi connectivity index (χ2n) is 30.0. The number of nitrogens with zero attached hydrogens (tertiary/aromatic N) is 22. The van der Waals surface area contributed by atoms with Gasteiger partial charge < -0.3 is 38.0 Å². The van der Waals surface area contributed by atoms with Crippen molar-refractivity contribution < 1.29 is 71.8 Å². The first-order chi connectivity index (χ1) is 58.2. The molecular weight excluding hydrogens is 1610 g/mol. The van der Waals surface area contributed by atoms with E-state index in [4.69, 9.17) is 19.7 Å². The molecule has 0 bridgehead atoms. The van der Waals surface area contributed by atoms with Crippen LogP contribution in [0.4, 0.5) is 87.6 Å². The van der Waals surface area contributed by atoms with Crippen LogP contribution in [0.25, 0.3) is 68.3 Å². The highest BCUT2D eigenvalue weighted by Gasteiger charge is 2.43. The number of likely N-dealkylation sites (N-methyl/N-ethyl adjacent to an activating group) is 2. The van der Waals surface area contributed by atoms with Crippen LogP contribution < -0.4 is 29.4 Å². The average Bonchev–Trinajstić information content (AvgIpc) is 1.62. The van der Waals surface area contributed by atoms with Crippen molar-refractivity contribution in [2.75, 3.05) is 103 Å². The van der Waals surface area contributed by atoms with E-state index in [2.05, 4.69) is 61.7 Å². The van der Waals surface area contributed by atoms with E-state index in [1.807, 2.05) is 36.2 Å². The Morgan fingerprint density at radius 3 is 1.08 bits per heavy atom. The summed E-state index contributed by atoms with van der Waals surface area (Å²) in [6, 6.07) is 31.6. The summed E-state index contributed by atoms with van der Waals surface area (Å²) in [4.78, 5) is 104. The number of amides is 3. The summed E-state index contributed by atoms with van der Waals surface area (Å²) in [6.45, 7) is 5.80. The van der Waals surface area contributed by atoms with Gasteiger partial charge in [0.15, 0.2) is 34.6 Å². The average molecular weight is 1690 g/mol. The molecule has 0 unspecified atom stereocenters. The Hall–Kier alpha value is -13.1. The van der Waals surface area contributed by atoms with Crippen molar-refractivity contribution >= 4 is 52.6 Å². The smallest absolute Gasteiger partial charge is 0.383 e. The number of methoxy groups -OCH3 is 1. The topological polar surface area (TPSA) is 253 Å². The fourth-order valence-corrected chi connectivity index (χ4v) is 15.0. The number of pyridine rings is 3. The molecular formula is C84H78F12N22O4. The number of aromatic nitrogens is 15. The number of piperazine rings is 1. The molecule has 2 saturated heterocycles. The molecule has 632 valence electrons. The molecule has 14 heterocycles. The monoisotopic (exact) mass is 1690 g/mol. The van der Waals surface area contributed by atoms with Gasteiger partial charge in [0, 0.05) is 170 Å². The Morgan fingerprint density at radius 1 is 0.410 bits per heavy atom. The van der Waals surface area contributed by atoms with E-state index in [1.54, 1.807) is 144 Å². The Labute approximate surface area is 690 Å². The molecule has 3 amide bonds. The number of carbonyl (C=O) groups excluding carboxylic acids is 3. The van der Waals surface area contributed by atoms with Crippen LogP contribution in [0.5, 0.6) is 0 Å². The van der Waals surface area contributed by atoms with Crippen molar-refractivity contribution in [2.24, 2.45) is 27.1 Å². The third-order valence-electron chi connectivity index (χ3n) is 21.5. The summed E-state index contributed by atoms with van der Waals surface area (Å²) < 4.78 is 166. The van der Waals surface area contributed by atoms with Crippen LogP contribution in [0, 0.1) is 5.92 Å². The number of benzene rings is 3. The first-order valence-corrected chi connectivity index (χ1v) is 38.6. The molecule has 122 heavy (non-hydrogen) atoms. The van der Waals surface area contributed by atoms with E-state index >= 15 is 0 Å². The zero-order chi connectivity index (χ0) is 86.3. The van der Waals surface area contributed by atoms with Gasteiger partial charge in [0.05, 0.1) is 68.1 Å². The van der Waals surface area contributed by atoms with E-state index < -0.39 is 47.7 Å². The van der Waals surface area contributed by atoms with Gasteiger partial charge in [0.2, 0.25) is 17.7 Å². The maximum absolute atomic E-state index is 13.2. The van der Waals surface area contributed by atoms with Crippen molar-refractivity contribution in [2.45, 2.75) is 76.4 Å². The number of ether oxygens (including phenoxy) is 1. The van der Waals surface area contributed by atoms with Crippen LogP contribution in [-0.2, 0) is 97.7 Å². The summed E-state index contributed by atoms with van der Waals surface area (Å²) in [5.41, 5.74) is 5.26. The lowest BCUT2D eigenvalue weighted by Gasteiger charge is -2.34. The molecule has 0 aliphatic carbocycles. The number of piperidine rings is 1.